The summed E-state index contributed by atoms with van der Waals surface area (Å²) in [6.45, 7) is 4.22. The minimum Gasteiger partial charge on any atom is -0.468 e. The first kappa shape index (κ1) is 14.4. The van der Waals surface area contributed by atoms with E-state index in [0.29, 0.717) is 6.54 Å². The first-order valence-electron chi connectivity index (χ1n) is 5.62. The molecule has 0 radical (unpaired) electrons. The van der Waals surface area contributed by atoms with Crippen molar-refractivity contribution >= 4 is 16.0 Å². The van der Waals surface area contributed by atoms with Gasteiger partial charge in [0.2, 0.25) is 10.0 Å². The Kier molecular flexibility index (Phi) is 4.91. The number of ether oxygens (including phenoxy) is 1. The highest BCUT2D eigenvalue weighted by Gasteiger charge is 2.28. The second kappa shape index (κ2) is 5.79. The highest BCUT2D eigenvalue weighted by Crippen LogP contribution is 2.26. The van der Waals surface area contributed by atoms with Gasteiger partial charge in [-0.2, -0.15) is 0 Å². The summed E-state index contributed by atoms with van der Waals surface area (Å²) in [5.41, 5.74) is -0.0333. The van der Waals surface area contributed by atoms with Crippen LogP contribution in [0.2, 0.25) is 0 Å². The minimum absolute atomic E-state index is 0.0333. The quantitative estimate of drug-likeness (QED) is 0.652. The number of hydrogen-bond acceptors (Lipinski definition) is 5. The third-order valence-corrected chi connectivity index (χ3v) is 4.26. The number of hydrogen-bond donors (Lipinski definition) is 2. The van der Waals surface area contributed by atoms with E-state index in [1.807, 2.05) is 0 Å². The molecule has 0 atom stereocenters. The highest BCUT2D eigenvalue weighted by molar-refractivity contribution is 7.90. The van der Waals surface area contributed by atoms with E-state index in [9.17, 15) is 13.2 Å². The Morgan fingerprint density at radius 2 is 2.00 bits per heavy atom. The molecule has 17 heavy (non-hydrogen) atoms. The molecule has 6 nitrogen and oxygen atoms in total. The van der Waals surface area contributed by atoms with Crippen LogP contribution >= 0.6 is 0 Å². The lowest BCUT2D eigenvalue weighted by atomic mass is 9.81. The summed E-state index contributed by atoms with van der Waals surface area (Å²) in [6.07, 6.45) is 1.85. The van der Waals surface area contributed by atoms with Crippen LogP contribution in [0.15, 0.2) is 0 Å². The highest BCUT2D eigenvalue weighted by atomic mass is 32.2. The van der Waals surface area contributed by atoms with Crippen molar-refractivity contribution in [2.45, 2.75) is 19.8 Å². The van der Waals surface area contributed by atoms with Gasteiger partial charge in [-0.3, -0.25) is 4.79 Å². The van der Waals surface area contributed by atoms with Crippen LogP contribution in [-0.2, 0) is 19.6 Å². The van der Waals surface area contributed by atoms with Gasteiger partial charge in [-0.05, 0) is 31.3 Å². The largest absolute Gasteiger partial charge is 0.468 e. The second-order valence-corrected chi connectivity index (χ2v) is 6.52. The lowest BCUT2D eigenvalue weighted by molar-refractivity contribution is -0.137. The van der Waals surface area contributed by atoms with Gasteiger partial charge >= 0.3 is 5.97 Å². The number of sulfonamides is 1. The van der Waals surface area contributed by atoms with E-state index >= 15 is 0 Å². The molecular formula is C10H20N2O4S. The zero-order valence-electron chi connectivity index (χ0n) is 10.3. The van der Waals surface area contributed by atoms with Gasteiger partial charge in [-0.1, -0.05) is 6.92 Å². The van der Waals surface area contributed by atoms with E-state index in [2.05, 4.69) is 21.7 Å². The maximum absolute atomic E-state index is 11.6. The summed E-state index contributed by atoms with van der Waals surface area (Å²) in [6, 6.07) is 0. The summed E-state index contributed by atoms with van der Waals surface area (Å²) in [7, 11) is -2.40. The van der Waals surface area contributed by atoms with Crippen LogP contribution < -0.4 is 10.0 Å². The normalized spacial score (nSPS) is 19.9. The Morgan fingerprint density at radius 3 is 2.53 bits per heavy atom. The monoisotopic (exact) mass is 264 g/mol. The van der Waals surface area contributed by atoms with Crippen LogP contribution in [0.1, 0.15) is 19.8 Å². The molecule has 1 heterocycles. The summed E-state index contributed by atoms with van der Waals surface area (Å²) in [5.74, 6) is -1.36. The van der Waals surface area contributed by atoms with Gasteiger partial charge in [0.15, 0.2) is 5.75 Å². The Morgan fingerprint density at radius 1 is 1.41 bits per heavy atom. The maximum Gasteiger partial charge on any atom is 0.322 e. The fourth-order valence-electron chi connectivity index (χ4n) is 1.76. The molecule has 0 saturated carbocycles. The molecule has 0 aromatic heterocycles. The van der Waals surface area contributed by atoms with Crippen molar-refractivity contribution in [2.75, 3.05) is 32.5 Å². The predicted octanol–water partition coefficient (Wildman–Crippen LogP) is -0.531. The molecule has 0 aromatic carbocycles. The first-order valence-corrected chi connectivity index (χ1v) is 7.27. The van der Waals surface area contributed by atoms with Crippen molar-refractivity contribution in [3.63, 3.8) is 0 Å². The number of nitrogens with one attached hydrogen (secondary N) is 2. The average molecular weight is 264 g/mol. The van der Waals surface area contributed by atoms with Gasteiger partial charge in [-0.15, -0.1) is 0 Å². The van der Waals surface area contributed by atoms with E-state index < -0.39 is 21.7 Å². The summed E-state index contributed by atoms with van der Waals surface area (Å²) < 4.78 is 29.9. The number of rotatable bonds is 5. The molecule has 2 N–H and O–H groups in total. The number of piperidine rings is 1. The summed E-state index contributed by atoms with van der Waals surface area (Å²) >= 11 is 0. The maximum atomic E-state index is 11.6. The molecular weight excluding hydrogens is 244 g/mol. The van der Waals surface area contributed by atoms with Crippen molar-refractivity contribution in [3.8, 4) is 0 Å². The van der Waals surface area contributed by atoms with Crippen LogP contribution in [0, 0.1) is 5.41 Å². The third-order valence-electron chi connectivity index (χ3n) is 3.07. The number of carbonyl (C=O) groups is 1. The van der Waals surface area contributed by atoms with Gasteiger partial charge < -0.3 is 10.1 Å². The third kappa shape index (κ3) is 5.01. The van der Waals surface area contributed by atoms with E-state index in [-0.39, 0.29) is 5.41 Å². The Balaban J connectivity index is 2.46. The first-order chi connectivity index (χ1) is 7.87. The smallest absolute Gasteiger partial charge is 0.322 e. The predicted molar refractivity (Wildman–Crippen MR) is 64.0 cm³/mol. The van der Waals surface area contributed by atoms with Crippen LogP contribution in [0.5, 0.6) is 0 Å². The topological polar surface area (TPSA) is 84.5 Å². The Hall–Kier alpha value is -0.660. The van der Waals surface area contributed by atoms with Crippen molar-refractivity contribution in [3.05, 3.63) is 0 Å². The van der Waals surface area contributed by atoms with Crippen LogP contribution in [0.4, 0.5) is 0 Å². The van der Waals surface area contributed by atoms with E-state index in [1.165, 1.54) is 7.11 Å². The standard InChI is InChI=1S/C10H20N2O4S/c1-10(3-5-11-6-4-10)8-12-17(14,15)7-9(13)16-2/h11-12H,3-8H2,1-2H3. The van der Waals surface area contributed by atoms with Crippen LogP contribution in [0.25, 0.3) is 0 Å². The van der Waals surface area contributed by atoms with E-state index in [1.54, 1.807) is 0 Å². The molecule has 0 spiro atoms. The van der Waals surface area contributed by atoms with Crippen molar-refractivity contribution in [2.24, 2.45) is 5.41 Å². The lowest BCUT2D eigenvalue weighted by Gasteiger charge is -2.33. The van der Waals surface area contributed by atoms with Crippen molar-refractivity contribution in [1.29, 1.82) is 0 Å². The van der Waals surface area contributed by atoms with Gasteiger partial charge in [0.25, 0.3) is 0 Å². The molecule has 1 saturated heterocycles. The number of carbonyl (C=O) groups excluding carboxylic acids is 1. The van der Waals surface area contributed by atoms with Gasteiger partial charge in [-0.25, -0.2) is 13.1 Å². The fraction of sp³-hybridized carbons (Fsp3) is 0.900. The molecule has 7 heteroatoms. The Labute approximate surface area is 102 Å². The molecule has 1 aliphatic heterocycles. The number of methoxy groups -OCH3 is 1. The SMILES string of the molecule is COC(=O)CS(=O)(=O)NCC1(C)CCNCC1. The van der Waals surface area contributed by atoms with Crippen molar-refractivity contribution in [1.82, 2.24) is 10.0 Å². The minimum atomic E-state index is -3.58. The van der Waals surface area contributed by atoms with Gasteiger partial charge in [0, 0.05) is 6.54 Å². The van der Waals surface area contributed by atoms with Gasteiger partial charge in [0.05, 0.1) is 7.11 Å². The lowest BCUT2D eigenvalue weighted by Crippen LogP contribution is -2.44. The van der Waals surface area contributed by atoms with E-state index in [4.69, 9.17) is 0 Å². The van der Waals surface area contributed by atoms with Crippen LogP contribution in [0.3, 0.4) is 0 Å². The molecule has 0 aromatic rings. The second-order valence-electron chi connectivity index (χ2n) is 4.72. The molecule has 1 fully saturated rings. The molecule has 1 aliphatic rings. The molecule has 0 aliphatic carbocycles. The molecule has 0 unspecified atom stereocenters. The molecule has 0 bridgehead atoms. The molecule has 1 rings (SSSR count). The zero-order chi connectivity index (χ0) is 12.9. The molecule has 100 valence electrons. The van der Waals surface area contributed by atoms with Gasteiger partial charge in [0.1, 0.15) is 0 Å². The van der Waals surface area contributed by atoms with E-state index in [0.717, 1.165) is 25.9 Å². The van der Waals surface area contributed by atoms with Crippen LogP contribution in [-0.4, -0.2) is 46.9 Å². The summed E-state index contributed by atoms with van der Waals surface area (Å²) in [5, 5.41) is 3.23. The average Bonchev–Trinajstić information content (AvgIpc) is 2.27. The zero-order valence-corrected chi connectivity index (χ0v) is 11.1. The summed E-state index contributed by atoms with van der Waals surface area (Å²) in [4.78, 5) is 10.9. The Bertz CT molecular complexity index is 361. The molecule has 0 amide bonds. The fourth-order valence-corrected chi connectivity index (χ4v) is 2.85. The van der Waals surface area contributed by atoms with Crippen molar-refractivity contribution < 1.29 is 17.9 Å². The number of esters is 1.